The van der Waals surface area contributed by atoms with E-state index in [0.717, 1.165) is 4.47 Å². The molecule has 0 unspecified atom stereocenters. The first-order valence-electron chi connectivity index (χ1n) is 9.74. The van der Waals surface area contributed by atoms with Crippen molar-refractivity contribution in [3.63, 3.8) is 0 Å². The molecule has 2 aliphatic rings. The topological polar surface area (TPSA) is 40.6 Å². The van der Waals surface area contributed by atoms with Gasteiger partial charge in [-0.15, -0.1) is 0 Å². The number of benzene rings is 3. The summed E-state index contributed by atoms with van der Waals surface area (Å²) in [5, 5.41) is 0. The van der Waals surface area contributed by atoms with Crippen molar-refractivity contribution in [1.82, 2.24) is 9.21 Å². The number of nitrogens with zero attached hydrogens (tertiary/aromatic N) is 2. The number of hydrogen-bond donors (Lipinski definition) is 0. The molecule has 29 heavy (non-hydrogen) atoms. The van der Waals surface area contributed by atoms with E-state index in [2.05, 4.69) is 69.4 Å². The molecule has 0 spiro atoms. The molecule has 1 aliphatic heterocycles. The van der Waals surface area contributed by atoms with Crippen molar-refractivity contribution < 1.29 is 8.42 Å². The molecule has 0 saturated carbocycles. The van der Waals surface area contributed by atoms with Gasteiger partial charge in [-0.25, -0.2) is 8.42 Å². The Morgan fingerprint density at radius 2 is 1.24 bits per heavy atom. The standard InChI is InChI=1S/C23H21BrN2O2S/c24-17-9-11-18(12-10-17)29(27,28)26-15-13-25(14-16-26)23-21-7-3-1-5-19(21)20-6-2-4-8-22(20)23/h1-12,23H,13-16H2. The van der Waals surface area contributed by atoms with E-state index in [1.165, 1.54) is 22.3 Å². The third-order valence-electron chi connectivity index (χ3n) is 5.89. The minimum Gasteiger partial charge on any atom is -0.290 e. The molecule has 3 aromatic carbocycles. The second kappa shape index (κ2) is 7.36. The fourth-order valence-corrected chi connectivity index (χ4v) is 6.17. The van der Waals surface area contributed by atoms with Crippen LogP contribution in [0.4, 0.5) is 0 Å². The lowest BCUT2D eigenvalue weighted by Crippen LogP contribution is -2.49. The molecule has 3 aromatic rings. The van der Waals surface area contributed by atoms with Gasteiger partial charge in [0, 0.05) is 30.7 Å². The van der Waals surface area contributed by atoms with Crippen molar-refractivity contribution in [1.29, 1.82) is 0 Å². The van der Waals surface area contributed by atoms with Crippen molar-refractivity contribution in [2.24, 2.45) is 0 Å². The van der Waals surface area contributed by atoms with Gasteiger partial charge in [0.1, 0.15) is 0 Å². The van der Waals surface area contributed by atoms with E-state index in [1.807, 2.05) is 0 Å². The quantitative estimate of drug-likeness (QED) is 0.566. The van der Waals surface area contributed by atoms with Crippen molar-refractivity contribution in [2.45, 2.75) is 10.9 Å². The SMILES string of the molecule is O=S(=O)(c1ccc(Br)cc1)N1CCN(C2c3ccccc3-c3ccccc32)CC1. The summed E-state index contributed by atoms with van der Waals surface area (Å²) >= 11 is 3.37. The predicted octanol–water partition coefficient (Wildman–Crippen LogP) is 4.53. The van der Waals surface area contributed by atoms with E-state index in [4.69, 9.17) is 0 Å². The Morgan fingerprint density at radius 1 is 0.724 bits per heavy atom. The van der Waals surface area contributed by atoms with Crippen molar-refractivity contribution in [3.8, 4) is 11.1 Å². The Labute approximate surface area is 180 Å². The zero-order chi connectivity index (χ0) is 20.0. The highest BCUT2D eigenvalue weighted by Crippen LogP contribution is 2.46. The van der Waals surface area contributed by atoms with Crippen LogP contribution in [-0.4, -0.2) is 43.8 Å². The van der Waals surface area contributed by atoms with Gasteiger partial charge in [-0.1, -0.05) is 64.5 Å². The van der Waals surface area contributed by atoms with E-state index in [1.54, 1.807) is 28.6 Å². The Morgan fingerprint density at radius 3 is 1.79 bits per heavy atom. The van der Waals surface area contributed by atoms with Gasteiger partial charge in [-0.2, -0.15) is 4.31 Å². The number of piperazine rings is 1. The molecule has 1 fully saturated rings. The normalized spacial score (nSPS) is 17.8. The van der Waals surface area contributed by atoms with Gasteiger partial charge in [0.25, 0.3) is 0 Å². The minimum absolute atomic E-state index is 0.194. The Balaban J connectivity index is 1.39. The maximum Gasteiger partial charge on any atom is 0.243 e. The lowest BCUT2D eigenvalue weighted by atomic mass is 10.0. The molecule has 0 bridgehead atoms. The van der Waals surface area contributed by atoms with Crippen LogP contribution in [0.15, 0.2) is 82.2 Å². The Kier molecular flexibility index (Phi) is 4.82. The molecule has 0 amide bonds. The first-order valence-corrected chi connectivity index (χ1v) is 12.0. The zero-order valence-electron chi connectivity index (χ0n) is 15.8. The number of rotatable bonds is 3. The number of sulfonamides is 1. The Bertz CT molecular complexity index is 1110. The molecule has 5 rings (SSSR count). The highest BCUT2D eigenvalue weighted by Gasteiger charge is 2.36. The number of halogens is 1. The van der Waals surface area contributed by atoms with Crippen molar-refractivity contribution in [2.75, 3.05) is 26.2 Å². The predicted molar refractivity (Wildman–Crippen MR) is 118 cm³/mol. The lowest BCUT2D eigenvalue weighted by Gasteiger charge is -2.38. The number of hydrogen-bond acceptors (Lipinski definition) is 3. The van der Waals surface area contributed by atoms with Crippen LogP contribution in [0.5, 0.6) is 0 Å². The molecular formula is C23H21BrN2O2S. The Hall–Kier alpha value is -1.99. The lowest BCUT2D eigenvalue weighted by molar-refractivity contribution is 0.158. The molecule has 4 nitrogen and oxygen atoms in total. The van der Waals surface area contributed by atoms with E-state index < -0.39 is 10.0 Å². The summed E-state index contributed by atoms with van der Waals surface area (Å²) in [5.41, 5.74) is 5.21. The fourth-order valence-electron chi connectivity index (χ4n) is 4.48. The monoisotopic (exact) mass is 468 g/mol. The highest BCUT2D eigenvalue weighted by molar-refractivity contribution is 9.10. The van der Waals surface area contributed by atoms with Gasteiger partial charge in [0.2, 0.25) is 10.0 Å². The molecule has 148 valence electrons. The first kappa shape index (κ1) is 19.0. The summed E-state index contributed by atoms with van der Waals surface area (Å²) in [5.74, 6) is 0. The summed E-state index contributed by atoms with van der Waals surface area (Å²) < 4.78 is 28.5. The molecular weight excluding hydrogens is 448 g/mol. The van der Waals surface area contributed by atoms with E-state index in [9.17, 15) is 8.42 Å². The van der Waals surface area contributed by atoms with Crippen molar-refractivity contribution >= 4 is 26.0 Å². The van der Waals surface area contributed by atoms with Gasteiger partial charge in [-0.05, 0) is 46.5 Å². The minimum atomic E-state index is -3.46. The van der Waals surface area contributed by atoms with Crippen LogP contribution in [-0.2, 0) is 10.0 Å². The third-order valence-corrected chi connectivity index (χ3v) is 8.33. The second-order valence-electron chi connectivity index (χ2n) is 7.47. The summed E-state index contributed by atoms with van der Waals surface area (Å²) in [6.07, 6.45) is 0. The van der Waals surface area contributed by atoms with Crippen LogP contribution >= 0.6 is 15.9 Å². The van der Waals surface area contributed by atoms with Gasteiger partial charge >= 0.3 is 0 Å². The maximum absolute atomic E-state index is 13.0. The highest BCUT2D eigenvalue weighted by atomic mass is 79.9. The van der Waals surface area contributed by atoms with Gasteiger partial charge in [-0.3, -0.25) is 4.90 Å². The zero-order valence-corrected chi connectivity index (χ0v) is 18.2. The van der Waals surface area contributed by atoms with Crippen LogP contribution in [0.25, 0.3) is 11.1 Å². The van der Waals surface area contributed by atoms with Gasteiger partial charge in [0.15, 0.2) is 0 Å². The molecule has 1 aliphatic carbocycles. The largest absolute Gasteiger partial charge is 0.290 e. The van der Waals surface area contributed by atoms with Crippen LogP contribution in [0, 0.1) is 0 Å². The molecule has 0 aromatic heterocycles. The van der Waals surface area contributed by atoms with E-state index >= 15 is 0 Å². The fraction of sp³-hybridized carbons (Fsp3) is 0.217. The molecule has 0 radical (unpaired) electrons. The van der Waals surface area contributed by atoms with Crippen LogP contribution < -0.4 is 0 Å². The molecule has 0 N–H and O–H groups in total. The van der Waals surface area contributed by atoms with Crippen LogP contribution in [0.3, 0.4) is 0 Å². The average molecular weight is 469 g/mol. The maximum atomic E-state index is 13.0. The molecule has 0 atom stereocenters. The van der Waals surface area contributed by atoms with E-state index in [-0.39, 0.29) is 6.04 Å². The summed E-state index contributed by atoms with van der Waals surface area (Å²) in [6.45, 7) is 2.42. The van der Waals surface area contributed by atoms with Crippen LogP contribution in [0.1, 0.15) is 17.2 Å². The molecule has 1 heterocycles. The third kappa shape index (κ3) is 3.24. The van der Waals surface area contributed by atoms with Crippen molar-refractivity contribution in [3.05, 3.63) is 88.4 Å². The molecule has 6 heteroatoms. The van der Waals surface area contributed by atoms with Crippen LogP contribution in [0.2, 0.25) is 0 Å². The smallest absolute Gasteiger partial charge is 0.243 e. The summed E-state index contributed by atoms with van der Waals surface area (Å²) in [4.78, 5) is 2.77. The number of fused-ring (bicyclic) bond motifs is 3. The van der Waals surface area contributed by atoms with Gasteiger partial charge < -0.3 is 0 Å². The summed E-state index contributed by atoms with van der Waals surface area (Å²) in [6, 6.07) is 24.2. The van der Waals surface area contributed by atoms with E-state index in [0.29, 0.717) is 31.1 Å². The average Bonchev–Trinajstić information content (AvgIpc) is 3.09. The summed E-state index contributed by atoms with van der Waals surface area (Å²) in [7, 11) is -3.46. The molecule has 1 saturated heterocycles. The second-order valence-corrected chi connectivity index (χ2v) is 10.3. The first-order chi connectivity index (χ1) is 14.1. The van der Waals surface area contributed by atoms with Gasteiger partial charge in [0.05, 0.1) is 10.9 Å².